The van der Waals surface area contributed by atoms with Crippen LogP contribution in [0.1, 0.15) is 96.8 Å². The Morgan fingerprint density at radius 1 is 0.857 bits per heavy atom. The van der Waals surface area contributed by atoms with E-state index >= 15 is 0 Å². The van der Waals surface area contributed by atoms with Crippen LogP contribution in [0.4, 0.5) is 0 Å². The smallest absolute Gasteiger partial charge is 0.784 e. The summed E-state index contributed by atoms with van der Waals surface area (Å²) < 4.78 is 25.3. The molecule has 122 valence electrons. The molecular weight excluding hydrogens is 295 g/mol. The summed E-state index contributed by atoms with van der Waals surface area (Å²) in [6.07, 6.45) is 20.9. The Morgan fingerprint density at radius 2 is 1.29 bits per heavy atom. The van der Waals surface area contributed by atoms with Gasteiger partial charge in [0.2, 0.25) is 0 Å². The van der Waals surface area contributed by atoms with Gasteiger partial charge in [-0.15, -0.1) is 11.4 Å². The molecule has 0 unspecified atom stereocenters. The summed E-state index contributed by atoms with van der Waals surface area (Å²) in [7, 11) is 0. The van der Waals surface area contributed by atoms with Crippen molar-refractivity contribution in [1.29, 1.82) is 0 Å². The van der Waals surface area contributed by atoms with E-state index < -0.39 is 11.4 Å². The summed E-state index contributed by atoms with van der Waals surface area (Å²) in [5, 5.41) is 0. The first-order valence-corrected chi connectivity index (χ1v) is 9.43. The van der Waals surface area contributed by atoms with Crippen LogP contribution in [-0.2, 0) is 11.4 Å². The summed E-state index contributed by atoms with van der Waals surface area (Å²) in [4.78, 5) is 0. The molecule has 1 saturated carbocycles. The van der Waals surface area contributed by atoms with Gasteiger partial charge in [-0.05, 0) is 5.92 Å². The van der Waals surface area contributed by atoms with E-state index in [0.717, 1.165) is 5.92 Å². The monoisotopic (exact) mass is 327 g/mol. The summed E-state index contributed by atoms with van der Waals surface area (Å²) in [5.74, 6) is 1.09. The van der Waals surface area contributed by atoms with Crippen molar-refractivity contribution in [2.45, 2.75) is 96.8 Å². The Bertz CT molecular complexity index is 216. The van der Waals surface area contributed by atoms with Gasteiger partial charge in [-0.25, -0.2) is 0 Å². The molecule has 0 aromatic rings. The minimum absolute atomic E-state index is 0. The number of unbranched alkanes of at least 4 members (excludes halogenated alkanes) is 5. The van der Waals surface area contributed by atoms with E-state index in [9.17, 15) is 0 Å². The van der Waals surface area contributed by atoms with Crippen molar-refractivity contribution >= 4 is 11.4 Å². The molecule has 0 radical (unpaired) electrons. The number of hydrogen-bond donors (Lipinski definition) is 0. The van der Waals surface area contributed by atoms with E-state index in [1.807, 2.05) is 0 Å². The Kier molecular flexibility index (Phi) is 22.1. The van der Waals surface area contributed by atoms with Crippen molar-refractivity contribution in [1.82, 2.24) is 0 Å². The summed E-state index contributed by atoms with van der Waals surface area (Å²) in [5.41, 5.74) is 0. The Balaban J connectivity index is 0. The molecular formula is C16H32NaO3S-. The molecule has 0 N–H and O–H groups in total. The van der Waals surface area contributed by atoms with Gasteiger partial charge in [0.15, 0.2) is 0 Å². The zero-order valence-electron chi connectivity index (χ0n) is 14.1. The first-order valence-electron chi connectivity index (χ1n) is 8.43. The molecule has 0 bridgehead atoms. The maximum atomic E-state index is 8.44. The standard InChI is InChI=1S/C16H32.Na.H2O3S/c1-2-3-4-5-7-10-13-16-14-11-8-6-9-12-15-16;;1-4(2)3/h16H,2-15H2,1H3;;(H2,1,2,3)/q;+1;/p-2. The molecule has 1 aliphatic rings. The van der Waals surface area contributed by atoms with E-state index in [4.69, 9.17) is 13.3 Å². The minimum Gasteiger partial charge on any atom is -0.784 e. The average Bonchev–Trinajstić information content (AvgIpc) is 2.35. The molecule has 0 saturated heterocycles. The Morgan fingerprint density at radius 3 is 1.81 bits per heavy atom. The molecule has 0 heterocycles. The first-order chi connectivity index (χ1) is 9.66. The molecule has 0 aliphatic heterocycles. The van der Waals surface area contributed by atoms with E-state index in [1.54, 1.807) is 0 Å². The summed E-state index contributed by atoms with van der Waals surface area (Å²) >= 11 is -3.11. The number of hydrogen-bond acceptors (Lipinski definition) is 3. The molecule has 1 fully saturated rings. The van der Waals surface area contributed by atoms with E-state index in [-0.39, 0.29) is 29.6 Å². The van der Waals surface area contributed by atoms with Crippen LogP contribution in [0.5, 0.6) is 0 Å². The number of rotatable bonds is 7. The molecule has 0 amide bonds. The Hall–Kier alpha value is 1.07. The zero-order valence-corrected chi connectivity index (χ0v) is 16.9. The molecule has 1 rings (SSSR count). The summed E-state index contributed by atoms with van der Waals surface area (Å²) in [6, 6.07) is 0. The van der Waals surface area contributed by atoms with Crippen LogP contribution in [0.15, 0.2) is 0 Å². The van der Waals surface area contributed by atoms with Gasteiger partial charge in [0, 0.05) is 0 Å². The Labute approximate surface area is 156 Å². The molecule has 5 heteroatoms. The van der Waals surface area contributed by atoms with Crippen LogP contribution < -0.4 is 29.6 Å². The van der Waals surface area contributed by atoms with Crippen LogP contribution in [0.3, 0.4) is 0 Å². The third kappa shape index (κ3) is 21.1. The second kappa shape index (κ2) is 19.1. The van der Waals surface area contributed by atoms with Crippen LogP contribution in [-0.4, -0.2) is 13.3 Å². The minimum atomic E-state index is -3.11. The van der Waals surface area contributed by atoms with E-state index in [1.165, 1.54) is 89.9 Å². The molecule has 1 aliphatic carbocycles. The predicted octanol–water partition coefficient (Wildman–Crippen LogP) is 2.10. The van der Waals surface area contributed by atoms with Crippen LogP contribution in [0.2, 0.25) is 0 Å². The van der Waals surface area contributed by atoms with Crippen molar-refractivity contribution in [2.75, 3.05) is 0 Å². The quantitative estimate of drug-likeness (QED) is 0.409. The van der Waals surface area contributed by atoms with Crippen LogP contribution in [0.25, 0.3) is 0 Å². The van der Waals surface area contributed by atoms with E-state index in [2.05, 4.69) is 6.92 Å². The SMILES string of the molecule is CCCCCCCCC1CCCCCCC1.O=S([O-])[O-].[Na+]. The maximum Gasteiger partial charge on any atom is 1.00 e. The van der Waals surface area contributed by atoms with Crippen molar-refractivity contribution in [3.8, 4) is 0 Å². The molecule has 3 nitrogen and oxygen atoms in total. The molecule has 0 atom stereocenters. The van der Waals surface area contributed by atoms with Crippen LogP contribution >= 0.6 is 0 Å². The zero-order chi connectivity index (χ0) is 15.1. The van der Waals surface area contributed by atoms with Crippen molar-refractivity contribution < 1.29 is 42.9 Å². The molecule has 0 aromatic heterocycles. The first kappa shape index (κ1) is 24.3. The third-order valence-corrected chi connectivity index (χ3v) is 4.19. The van der Waals surface area contributed by atoms with Gasteiger partial charge in [-0.1, -0.05) is 96.8 Å². The van der Waals surface area contributed by atoms with Crippen molar-refractivity contribution in [2.24, 2.45) is 5.92 Å². The summed E-state index contributed by atoms with van der Waals surface area (Å²) in [6.45, 7) is 2.30. The van der Waals surface area contributed by atoms with Gasteiger partial charge in [-0.3, -0.25) is 4.21 Å². The molecule has 21 heavy (non-hydrogen) atoms. The van der Waals surface area contributed by atoms with Crippen molar-refractivity contribution in [3.63, 3.8) is 0 Å². The fourth-order valence-corrected chi connectivity index (χ4v) is 3.04. The van der Waals surface area contributed by atoms with E-state index in [0.29, 0.717) is 0 Å². The third-order valence-electron chi connectivity index (χ3n) is 4.19. The van der Waals surface area contributed by atoms with Crippen molar-refractivity contribution in [3.05, 3.63) is 0 Å². The maximum absolute atomic E-state index is 8.44. The second-order valence-corrected chi connectivity index (χ2v) is 6.38. The van der Waals surface area contributed by atoms with Crippen LogP contribution in [0, 0.1) is 5.92 Å². The van der Waals surface area contributed by atoms with Gasteiger partial charge >= 0.3 is 29.6 Å². The van der Waals surface area contributed by atoms with Gasteiger partial charge in [0.05, 0.1) is 0 Å². The fourth-order valence-electron chi connectivity index (χ4n) is 3.04. The van der Waals surface area contributed by atoms with Gasteiger partial charge in [-0.2, -0.15) is 0 Å². The molecule has 0 spiro atoms. The fraction of sp³-hybridized carbons (Fsp3) is 1.00. The average molecular weight is 327 g/mol. The largest absolute Gasteiger partial charge is 1.00 e. The predicted molar refractivity (Wildman–Crippen MR) is 83.5 cm³/mol. The second-order valence-electron chi connectivity index (χ2n) is 5.97. The van der Waals surface area contributed by atoms with Gasteiger partial charge in [0.1, 0.15) is 0 Å². The normalized spacial score (nSPS) is 16.4. The molecule has 0 aromatic carbocycles. The topological polar surface area (TPSA) is 63.2 Å². The van der Waals surface area contributed by atoms with Gasteiger partial charge < -0.3 is 9.11 Å². The van der Waals surface area contributed by atoms with Gasteiger partial charge in [0.25, 0.3) is 0 Å².